The minimum absolute atomic E-state index is 0.247. The third kappa shape index (κ3) is 2.60. The van der Waals surface area contributed by atoms with E-state index in [2.05, 4.69) is 10.3 Å². The van der Waals surface area contributed by atoms with E-state index in [1.165, 1.54) is 23.5 Å². The number of alkyl halides is 3. The molecular weight excluding hydrogens is 263 g/mol. The van der Waals surface area contributed by atoms with E-state index in [0.29, 0.717) is 5.13 Å². The van der Waals surface area contributed by atoms with Crippen LogP contribution in [0, 0.1) is 11.3 Å². The van der Waals surface area contributed by atoms with Gasteiger partial charge < -0.3 is 5.32 Å². The summed E-state index contributed by atoms with van der Waals surface area (Å²) >= 11 is 1.27. The monoisotopic (exact) mass is 269 g/mol. The fourth-order valence-corrected chi connectivity index (χ4v) is 1.91. The van der Waals surface area contributed by atoms with Gasteiger partial charge in [-0.1, -0.05) is 0 Å². The minimum Gasteiger partial charge on any atom is -0.332 e. The Morgan fingerprint density at radius 2 is 2.11 bits per heavy atom. The second kappa shape index (κ2) is 4.66. The van der Waals surface area contributed by atoms with Gasteiger partial charge in [0.25, 0.3) is 0 Å². The van der Waals surface area contributed by atoms with Gasteiger partial charge in [0.05, 0.1) is 17.2 Å². The number of nitrogens with one attached hydrogen (secondary N) is 1. The van der Waals surface area contributed by atoms with Gasteiger partial charge in [0.1, 0.15) is 0 Å². The van der Waals surface area contributed by atoms with Crippen LogP contribution in [0.2, 0.25) is 0 Å². The molecule has 0 bridgehead atoms. The molecule has 3 nitrogen and oxygen atoms in total. The molecule has 0 aliphatic carbocycles. The summed E-state index contributed by atoms with van der Waals surface area (Å²) in [5.41, 5.74) is -1.10. The summed E-state index contributed by atoms with van der Waals surface area (Å²) in [6.45, 7) is 0. The number of thiazole rings is 1. The highest BCUT2D eigenvalue weighted by molar-refractivity contribution is 7.13. The van der Waals surface area contributed by atoms with Crippen LogP contribution in [-0.2, 0) is 6.18 Å². The van der Waals surface area contributed by atoms with Crippen LogP contribution in [-0.4, -0.2) is 4.98 Å². The van der Waals surface area contributed by atoms with Crippen LogP contribution < -0.4 is 5.32 Å². The van der Waals surface area contributed by atoms with Gasteiger partial charge in [0, 0.05) is 17.3 Å². The van der Waals surface area contributed by atoms with Crippen LogP contribution in [0.15, 0.2) is 29.8 Å². The molecule has 0 spiro atoms. The number of aromatic nitrogens is 1. The van der Waals surface area contributed by atoms with Crippen LogP contribution in [0.25, 0.3) is 0 Å². The molecule has 0 aliphatic rings. The Bertz CT molecular complexity index is 585. The molecule has 92 valence electrons. The van der Waals surface area contributed by atoms with Gasteiger partial charge in [-0.3, -0.25) is 0 Å². The van der Waals surface area contributed by atoms with Gasteiger partial charge in [-0.15, -0.1) is 11.3 Å². The van der Waals surface area contributed by atoms with Gasteiger partial charge in [-0.05, 0) is 18.2 Å². The molecule has 0 aliphatic heterocycles. The van der Waals surface area contributed by atoms with Crippen LogP contribution in [0.5, 0.6) is 0 Å². The summed E-state index contributed by atoms with van der Waals surface area (Å²) < 4.78 is 38.1. The van der Waals surface area contributed by atoms with Crippen LogP contribution >= 0.6 is 11.3 Å². The lowest BCUT2D eigenvalue weighted by Gasteiger charge is -2.11. The van der Waals surface area contributed by atoms with Gasteiger partial charge in [-0.2, -0.15) is 18.4 Å². The summed E-state index contributed by atoms with van der Waals surface area (Å²) in [5.74, 6) is 0. The normalized spacial score (nSPS) is 11.0. The zero-order valence-corrected chi connectivity index (χ0v) is 9.64. The minimum atomic E-state index is -4.55. The van der Waals surface area contributed by atoms with E-state index in [4.69, 9.17) is 5.26 Å². The molecule has 1 N–H and O–H groups in total. The zero-order chi connectivity index (χ0) is 13.2. The van der Waals surface area contributed by atoms with E-state index in [0.717, 1.165) is 12.1 Å². The number of rotatable bonds is 2. The van der Waals surface area contributed by atoms with Crippen molar-refractivity contribution in [1.29, 1.82) is 5.26 Å². The number of nitrogens with zero attached hydrogens (tertiary/aromatic N) is 2. The van der Waals surface area contributed by atoms with Gasteiger partial charge in [0.2, 0.25) is 0 Å². The maximum Gasteiger partial charge on any atom is 0.417 e. The Morgan fingerprint density at radius 3 is 2.67 bits per heavy atom. The average Bonchev–Trinajstić information content (AvgIpc) is 2.80. The van der Waals surface area contributed by atoms with Gasteiger partial charge >= 0.3 is 6.18 Å². The Hall–Kier alpha value is -2.07. The smallest absolute Gasteiger partial charge is 0.332 e. The summed E-state index contributed by atoms with van der Waals surface area (Å²) in [4.78, 5) is 3.91. The lowest BCUT2D eigenvalue weighted by atomic mass is 10.1. The topological polar surface area (TPSA) is 48.7 Å². The van der Waals surface area contributed by atoms with E-state index in [1.54, 1.807) is 11.6 Å². The van der Waals surface area contributed by atoms with Crippen molar-refractivity contribution >= 4 is 22.2 Å². The highest BCUT2D eigenvalue weighted by Crippen LogP contribution is 2.34. The molecule has 0 fully saturated rings. The van der Waals surface area contributed by atoms with E-state index in [9.17, 15) is 13.2 Å². The quantitative estimate of drug-likeness (QED) is 0.902. The van der Waals surface area contributed by atoms with E-state index >= 15 is 0 Å². The van der Waals surface area contributed by atoms with Crippen molar-refractivity contribution in [3.05, 3.63) is 40.9 Å². The predicted molar refractivity (Wildman–Crippen MR) is 61.6 cm³/mol. The van der Waals surface area contributed by atoms with Crippen molar-refractivity contribution in [3.63, 3.8) is 0 Å². The first-order chi connectivity index (χ1) is 8.50. The first-order valence-corrected chi connectivity index (χ1v) is 5.66. The fraction of sp³-hybridized carbons (Fsp3) is 0.0909. The molecule has 0 saturated heterocycles. The molecule has 0 radical (unpaired) electrons. The highest BCUT2D eigenvalue weighted by Gasteiger charge is 2.33. The van der Waals surface area contributed by atoms with Crippen molar-refractivity contribution < 1.29 is 13.2 Å². The van der Waals surface area contributed by atoms with Crippen molar-refractivity contribution in [1.82, 2.24) is 4.98 Å². The Morgan fingerprint density at radius 1 is 1.33 bits per heavy atom. The third-order valence-electron chi connectivity index (χ3n) is 2.13. The van der Waals surface area contributed by atoms with Crippen molar-refractivity contribution in [2.75, 3.05) is 5.32 Å². The molecule has 1 aromatic heterocycles. The largest absolute Gasteiger partial charge is 0.417 e. The molecule has 18 heavy (non-hydrogen) atoms. The van der Waals surface area contributed by atoms with Crippen LogP contribution in [0.3, 0.4) is 0 Å². The van der Waals surface area contributed by atoms with Crippen molar-refractivity contribution in [2.24, 2.45) is 0 Å². The fourth-order valence-electron chi connectivity index (χ4n) is 1.36. The molecule has 0 atom stereocenters. The number of benzene rings is 1. The standard InChI is InChI=1S/C11H6F3N3S/c12-11(13,14)9-5-8(2-1-7(9)6-15)17-10-16-3-4-18-10/h1-5H,(H,16,17). The summed E-state index contributed by atoms with van der Waals surface area (Å²) in [5, 5.41) is 13.6. The molecule has 7 heteroatoms. The Labute approximate surface area is 105 Å². The van der Waals surface area contributed by atoms with Crippen LogP contribution in [0.1, 0.15) is 11.1 Å². The average molecular weight is 269 g/mol. The van der Waals surface area contributed by atoms with Gasteiger partial charge in [0.15, 0.2) is 5.13 Å². The predicted octanol–water partition coefficient (Wildman–Crippen LogP) is 3.78. The van der Waals surface area contributed by atoms with E-state index < -0.39 is 17.3 Å². The summed E-state index contributed by atoms with van der Waals surface area (Å²) in [7, 11) is 0. The maximum absolute atomic E-state index is 12.7. The number of hydrogen-bond acceptors (Lipinski definition) is 4. The highest BCUT2D eigenvalue weighted by atomic mass is 32.1. The summed E-state index contributed by atoms with van der Waals surface area (Å²) in [6.07, 6.45) is -3.01. The molecule has 2 aromatic rings. The summed E-state index contributed by atoms with van der Waals surface area (Å²) in [6, 6.07) is 4.98. The molecule has 1 aromatic carbocycles. The number of halogens is 3. The SMILES string of the molecule is N#Cc1ccc(Nc2nccs2)cc1C(F)(F)F. The van der Waals surface area contributed by atoms with E-state index in [-0.39, 0.29) is 5.69 Å². The van der Waals surface area contributed by atoms with Gasteiger partial charge in [-0.25, -0.2) is 4.98 Å². The second-order valence-electron chi connectivity index (χ2n) is 3.33. The Balaban J connectivity index is 2.38. The maximum atomic E-state index is 12.7. The molecule has 1 heterocycles. The Kier molecular flexibility index (Phi) is 3.21. The third-order valence-corrected chi connectivity index (χ3v) is 2.82. The second-order valence-corrected chi connectivity index (χ2v) is 4.23. The first-order valence-electron chi connectivity index (χ1n) is 4.78. The lowest BCUT2D eigenvalue weighted by molar-refractivity contribution is -0.137. The van der Waals surface area contributed by atoms with Crippen molar-refractivity contribution in [2.45, 2.75) is 6.18 Å². The number of anilines is 2. The lowest BCUT2D eigenvalue weighted by Crippen LogP contribution is -2.08. The number of hydrogen-bond donors (Lipinski definition) is 1. The molecule has 0 unspecified atom stereocenters. The molecule has 0 amide bonds. The molecular formula is C11H6F3N3S. The van der Waals surface area contributed by atoms with Crippen LogP contribution in [0.4, 0.5) is 24.0 Å². The first kappa shape index (κ1) is 12.4. The molecule has 2 rings (SSSR count). The molecule has 0 saturated carbocycles. The zero-order valence-electron chi connectivity index (χ0n) is 8.82. The number of nitriles is 1. The van der Waals surface area contributed by atoms with Crippen molar-refractivity contribution in [3.8, 4) is 6.07 Å². The van der Waals surface area contributed by atoms with E-state index in [1.807, 2.05) is 0 Å².